The number of methoxy groups -OCH3 is 1. The first-order chi connectivity index (χ1) is 17.7. The third-order valence-corrected chi connectivity index (χ3v) is 6.54. The fourth-order valence-corrected chi connectivity index (χ4v) is 3.88. The van der Waals surface area contributed by atoms with Gasteiger partial charge in [0.1, 0.15) is 0 Å². The van der Waals surface area contributed by atoms with Crippen LogP contribution in [0.5, 0.6) is 0 Å². The first kappa shape index (κ1) is 32.3. The summed E-state index contributed by atoms with van der Waals surface area (Å²) in [6.45, 7) is 18.9. The number of esters is 1. The second-order valence-electron chi connectivity index (χ2n) is 9.74. The monoisotopic (exact) mass is 507 g/mol. The van der Waals surface area contributed by atoms with Gasteiger partial charge in [-0.05, 0) is 77.0 Å². The molecule has 1 fully saturated rings. The molecule has 0 spiro atoms. The molecule has 204 valence electrons. The van der Waals surface area contributed by atoms with Crippen LogP contribution in [0.25, 0.3) is 5.57 Å². The van der Waals surface area contributed by atoms with E-state index in [1.54, 1.807) is 18.3 Å². The zero-order valence-corrected chi connectivity index (χ0v) is 24.3. The molecule has 5 heteroatoms. The molecule has 0 aliphatic carbocycles. The summed E-state index contributed by atoms with van der Waals surface area (Å²) < 4.78 is 4.57. The molecule has 1 saturated heterocycles. The van der Waals surface area contributed by atoms with Crippen molar-refractivity contribution in [1.29, 1.82) is 0 Å². The zero-order valence-electron chi connectivity index (χ0n) is 24.3. The van der Waals surface area contributed by atoms with Gasteiger partial charge in [0, 0.05) is 25.3 Å². The van der Waals surface area contributed by atoms with E-state index in [9.17, 15) is 4.79 Å². The van der Waals surface area contributed by atoms with Crippen molar-refractivity contribution in [2.75, 3.05) is 33.8 Å². The minimum absolute atomic E-state index is 0.357. The highest BCUT2D eigenvalue weighted by atomic mass is 16.5. The highest BCUT2D eigenvalue weighted by Crippen LogP contribution is 2.18. The van der Waals surface area contributed by atoms with Crippen molar-refractivity contribution in [1.82, 2.24) is 14.8 Å². The molecule has 1 aliphatic heterocycles. The van der Waals surface area contributed by atoms with Crippen molar-refractivity contribution < 1.29 is 9.53 Å². The number of nitrogens with zero attached hydrogens (tertiary/aromatic N) is 3. The number of unbranched alkanes of at least 4 members (excludes halogenated alkanes) is 1. The summed E-state index contributed by atoms with van der Waals surface area (Å²) in [5, 5.41) is 0. The van der Waals surface area contributed by atoms with E-state index in [4.69, 9.17) is 0 Å². The molecule has 2 aromatic rings. The van der Waals surface area contributed by atoms with Crippen LogP contribution in [-0.2, 0) is 11.3 Å². The van der Waals surface area contributed by atoms with Crippen LogP contribution in [0.1, 0.15) is 81.9 Å². The Morgan fingerprint density at radius 3 is 2.27 bits per heavy atom. The van der Waals surface area contributed by atoms with E-state index < -0.39 is 0 Å². The minimum Gasteiger partial charge on any atom is -0.465 e. The van der Waals surface area contributed by atoms with E-state index in [-0.39, 0.29) is 5.97 Å². The van der Waals surface area contributed by atoms with E-state index in [2.05, 4.69) is 97.3 Å². The number of likely N-dealkylation sites (tertiary alicyclic amines) is 1. The average Bonchev–Trinajstić information content (AvgIpc) is 2.94. The van der Waals surface area contributed by atoms with Gasteiger partial charge in [-0.15, -0.1) is 0 Å². The van der Waals surface area contributed by atoms with Crippen LogP contribution in [0.2, 0.25) is 0 Å². The normalized spacial score (nSPS) is 14.2. The second-order valence-corrected chi connectivity index (χ2v) is 9.74. The lowest BCUT2D eigenvalue weighted by Crippen LogP contribution is -2.43. The van der Waals surface area contributed by atoms with Crippen molar-refractivity contribution in [2.24, 2.45) is 0 Å². The largest absolute Gasteiger partial charge is 0.465 e. The van der Waals surface area contributed by atoms with Crippen LogP contribution in [0.3, 0.4) is 0 Å². The summed E-state index contributed by atoms with van der Waals surface area (Å²) in [5.41, 5.74) is 4.94. The van der Waals surface area contributed by atoms with Crippen molar-refractivity contribution in [3.05, 3.63) is 83.7 Å². The number of ether oxygens (including phenoxy) is 1. The Kier molecular flexibility index (Phi) is 16.1. The van der Waals surface area contributed by atoms with Gasteiger partial charge in [0.2, 0.25) is 0 Å². The summed E-state index contributed by atoms with van der Waals surface area (Å²) in [7, 11) is 3.62. The summed E-state index contributed by atoms with van der Waals surface area (Å²) in [5.74, 6) is -0.357. The molecule has 0 amide bonds. The highest BCUT2D eigenvalue weighted by molar-refractivity contribution is 5.89. The number of rotatable bonds is 8. The van der Waals surface area contributed by atoms with Crippen LogP contribution in [0, 0.1) is 0 Å². The minimum atomic E-state index is -0.357. The Labute approximate surface area is 226 Å². The Balaban J connectivity index is 0.000000346. The second kappa shape index (κ2) is 18.5. The fraction of sp³-hybridized carbons (Fsp3) is 0.500. The van der Waals surface area contributed by atoms with E-state index in [0.717, 1.165) is 24.7 Å². The maximum absolute atomic E-state index is 11.1. The predicted octanol–water partition coefficient (Wildman–Crippen LogP) is 7.26. The molecule has 0 bridgehead atoms. The molecule has 5 nitrogen and oxygen atoms in total. The number of hydrogen-bond acceptors (Lipinski definition) is 5. The topological polar surface area (TPSA) is 45.7 Å². The first-order valence-corrected chi connectivity index (χ1v) is 13.5. The van der Waals surface area contributed by atoms with Gasteiger partial charge in [0.05, 0.1) is 18.4 Å². The van der Waals surface area contributed by atoms with Crippen LogP contribution in [0.15, 0.2) is 66.9 Å². The summed E-state index contributed by atoms with van der Waals surface area (Å²) in [6.07, 6.45) is 9.01. The predicted molar refractivity (Wildman–Crippen MR) is 158 cm³/mol. The zero-order chi connectivity index (χ0) is 27.6. The van der Waals surface area contributed by atoms with Crippen molar-refractivity contribution in [2.45, 2.75) is 72.9 Å². The maximum atomic E-state index is 11.1. The van der Waals surface area contributed by atoms with Gasteiger partial charge in [0.15, 0.2) is 0 Å². The van der Waals surface area contributed by atoms with Crippen LogP contribution in [0.4, 0.5) is 0 Å². The van der Waals surface area contributed by atoms with Gasteiger partial charge in [0.25, 0.3) is 0 Å². The van der Waals surface area contributed by atoms with Crippen molar-refractivity contribution in [3.63, 3.8) is 0 Å². The van der Waals surface area contributed by atoms with Gasteiger partial charge in [-0.25, -0.2) is 4.79 Å². The van der Waals surface area contributed by atoms with Gasteiger partial charge in [-0.2, -0.15) is 0 Å². The number of benzene rings is 1. The molecule has 3 rings (SSSR count). The van der Waals surface area contributed by atoms with Crippen LogP contribution in [-0.4, -0.2) is 60.6 Å². The number of hydrogen-bond donors (Lipinski definition) is 0. The third-order valence-electron chi connectivity index (χ3n) is 6.54. The molecule has 0 unspecified atom stereocenters. The molecule has 1 aromatic heterocycles. The molecule has 0 atom stereocenters. The highest BCUT2D eigenvalue weighted by Gasteiger charge is 2.22. The number of allylic oxidation sites excluding steroid dienone is 2. The van der Waals surface area contributed by atoms with E-state index in [1.807, 2.05) is 6.92 Å². The number of carbonyl (C=O) groups is 1. The average molecular weight is 508 g/mol. The van der Waals surface area contributed by atoms with E-state index in [1.165, 1.54) is 57.0 Å². The Hall–Kier alpha value is -2.76. The fourth-order valence-electron chi connectivity index (χ4n) is 3.88. The SMILES string of the molecule is C/C=C(\C)CN(C)C1CCN(Cc2ccccc2)CC1.C=C(C)c1cc(C(=O)OC)ccn1.CCCC. The van der Waals surface area contributed by atoms with E-state index in [0.29, 0.717) is 11.3 Å². The molecule has 1 aliphatic rings. The van der Waals surface area contributed by atoms with Crippen molar-refractivity contribution >= 4 is 11.5 Å². The van der Waals surface area contributed by atoms with Gasteiger partial charge in [-0.1, -0.05) is 75.2 Å². The lowest BCUT2D eigenvalue weighted by atomic mass is 10.0. The summed E-state index contributed by atoms with van der Waals surface area (Å²) in [4.78, 5) is 20.3. The number of likely N-dealkylation sites (N-methyl/N-ethyl adjacent to an activating group) is 1. The summed E-state index contributed by atoms with van der Waals surface area (Å²) >= 11 is 0. The Morgan fingerprint density at radius 1 is 1.14 bits per heavy atom. The smallest absolute Gasteiger partial charge is 0.337 e. The molecule has 37 heavy (non-hydrogen) atoms. The van der Waals surface area contributed by atoms with Gasteiger partial charge < -0.3 is 4.74 Å². The van der Waals surface area contributed by atoms with Crippen LogP contribution >= 0.6 is 0 Å². The van der Waals surface area contributed by atoms with Gasteiger partial charge in [-0.3, -0.25) is 14.8 Å². The number of pyridine rings is 1. The lowest BCUT2D eigenvalue weighted by Gasteiger charge is -2.37. The molecule has 2 heterocycles. The Bertz CT molecular complexity index is 946. The van der Waals surface area contributed by atoms with E-state index >= 15 is 0 Å². The lowest BCUT2D eigenvalue weighted by molar-refractivity contribution is 0.0600. The number of aromatic nitrogens is 1. The summed E-state index contributed by atoms with van der Waals surface area (Å²) in [6, 6.07) is 14.8. The Morgan fingerprint density at radius 2 is 1.76 bits per heavy atom. The quantitative estimate of drug-likeness (QED) is 0.278. The molecule has 0 radical (unpaired) electrons. The molecule has 1 aromatic carbocycles. The maximum Gasteiger partial charge on any atom is 0.337 e. The molecular formula is C32H49N3O2. The van der Waals surface area contributed by atoms with Crippen molar-refractivity contribution in [3.8, 4) is 0 Å². The first-order valence-electron chi connectivity index (χ1n) is 13.5. The third kappa shape index (κ3) is 12.9. The molecule has 0 N–H and O–H groups in total. The number of piperidine rings is 1. The standard InChI is InChI=1S/C18H28N2.C10H11NO2.C4H10/c1-4-16(2)14-19(3)18-10-12-20(13-11-18)15-17-8-6-5-7-9-17;1-7(2)9-6-8(4-5-11-9)10(12)13-3;1-3-4-2/h4-9,18H,10-15H2,1-3H3;4-6H,1H2,2-3H3;3-4H2,1-2H3/b16-4+;;. The van der Waals surface area contributed by atoms with Crippen LogP contribution < -0.4 is 0 Å². The number of carbonyl (C=O) groups excluding carboxylic acids is 1. The molecule has 0 saturated carbocycles. The molecular weight excluding hydrogens is 458 g/mol. The van der Waals surface area contributed by atoms with Gasteiger partial charge >= 0.3 is 5.97 Å².